The summed E-state index contributed by atoms with van der Waals surface area (Å²) >= 11 is 0. The third kappa shape index (κ3) is 3.62. The van der Waals surface area contributed by atoms with Crippen LogP contribution in [0.15, 0.2) is 48.5 Å². The number of hydrogen-bond acceptors (Lipinski definition) is 3. The Morgan fingerprint density at radius 1 is 0.643 bits per heavy atom. The van der Waals surface area contributed by atoms with Crippen molar-refractivity contribution in [3.63, 3.8) is 0 Å². The van der Waals surface area contributed by atoms with Gasteiger partial charge in [-0.25, -0.2) is 13.6 Å². The average molecular weight is 386 g/mol. The van der Waals surface area contributed by atoms with Crippen LogP contribution in [0.3, 0.4) is 0 Å². The van der Waals surface area contributed by atoms with Gasteiger partial charge in [-0.3, -0.25) is 0 Å². The second-order valence-corrected chi connectivity index (χ2v) is 7.87. The van der Waals surface area contributed by atoms with Crippen molar-refractivity contribution in [1.82, 2.24) is 0 Å². The third-order valence-electron chi connectivity index (χ3n) is 6.12. The molecule has 2 aromatic rings. The highest BCUT2D eigenvalue weighted by Gasteiger charge is 2.44. The Morgan fingerprint density at radius 3 is 1.29 bits per heavy atom. The van der Waals surface area contributed by atoms with Crippen LogP contribution >= 0.6 is 0 Å². The lowest BCUT2D eigenvalue weighted by Crippen LogP contribution is -2.35. The number of rotatable bonds is 4. The van der Waals surface area contributed by atoms with Gasteiger partial charge in [0.25, 0.3) is 0 Å². The van der Waals surface area contributed by atoms with Gasteiger partial charge in [0.1, 0.15) is 22.8 Å². The standard InChI is InChI=1S/C23H24F2O3/c24-19-9-5-17(6-10-19)22(13-1-2-14-22)27-21(26)28-23(15-3-4-16-23)18-7-11-20(25)12-8-18/h5-12H,1-4,13-16H2. The molecule has 0 radical (unpaired) electrons. The molecule has 0 N–H and O–H groups in total. The Bertz CT molecular complexity index is 748. The molecule has 3 nitrogen and oxygen atoms in total. The van der Waals surface area contributed by atoms with E-state index < -0.39 is 17.4 Å². The van der Waals surface area contributed by atoms with Gasteiger partial charge in [-0.05, 0) is 86.8 Å². The van der Waals surface area contributed by atoms with Gasteiger partial charge in [0.05, 0.1) is 0 Å². The predicted octanol–water partition coefficient (Wildman–Crippen LogP) is 6.36. The number of carbonyl (C=O) groups excluding carboxylic acids is 1. The summed E-state index contributed by atoms with van der Waals surface area (Å²) in [4.78, 5) is 12.9. The van der Waals surface area contributed by atoms with Crippen molar-refractivity contribution in [3.05, 3.63) is 71.3 Å². The van der Waals surface area contributed by atoms with Crippen LogP contribution in [-0.2, 0) is 20.7 Å². The molecule has 0 atom stereocenters. The molecule has 5 heteroatoms. The van der Waals surface area contributed by atoms with Crippen molar-refractivity contribution in [2.24, 2.45) is 0 Å². The second kappa shape index (κ2) is 7.53. The first-order valence-corrected chi connectivity index (χ1v) is 9.96. The fourth-order valence-corrected chi connectivity index (χ4v) is 4.64. The van der Waals surface area contributed by atoms with E-state index in [0.717, 1.165) is 36.8 Å². The van der Waals surface area contributed by atoms with Crippen LogP contribution < -0.4 is 0 Å². The second-order valence-electron chi connectivity index (χ2n) is 7.87. The summed E-state index contributed by atoms with van der Waals surface area (Å²) in [6, 6.07) is 12.3. The zero-order chi connectivity index (χ0) is 19.6. The van der Waals surface area contributed by atoms with Gasteiger partial charge in [-0.2, -0.15) is 0 Å². The van der Waals surface area contributed by atoms with Crippen LogP contribution in [0, 0.1) is 11.6 Å². The summed E-state index contributed by atoms with van der Waals surface area (Å²) < 4.78 is 38.5. The van der Waals surface area contributed by atoms with E-state index in [2.05, 4.69) is 0 Å². The Balaban J connectivity index is 1.56. The Morgan fingerprint density at radius 2 is 0.964 bits per heavy atom. The first-order chi connectivity index (χ1) is 13.5. The summed E-state index contributed by atoms with van der Waals surface area (Å²) in [5.74, 6) is -0.638. The molecule has 2 saturated carbocycles. The molecule has 2 fully saturated rings. The SMILES string of the molecule is O=C(OC1(c2ccc(F)cc2)CCCC1)OC1(c2ccc(F)cc2)CCCC1. The fraction of sp³-hybridized carbons (Fsp3) is 0.435. The molecule has 148 valence electrons. The summed E-state index contributed by atoms with van der Waals surface area (Å²) in [6.45, 7) is 0. The van der Waals surface area contributed by atoms with Crippen LogP contribution in [0.1, 0.15) is 62.5 Å². The van der Waals surface area contributed by atoms with E-state index >= 15 is 0 Å². The minimum atomic E-state index is -0.770. The van der Waals surface area contributed by atoms with Gasteiger partial charge >= 0.3 is 6.16 Å². The van der Waals surface area contributed by atoms with Gasteiger partial charge in [0.2, 0.25) is 0 Å². The smallest absolute Gasteiger partial charge is 0.423 e. The van der Waals surface area contributed by atoms with Gasteiger partial charge < -0.3 is 9.47 Å². The van der Waals surface area contributed by atoms with Crippen molar-refractivity contribution in [2.75, 3.05) is 0 Å². The maximum atomic E-state index is 13.3. The maximum Gasteiger partial charge on any atom is 0.510 e. The van der Waals surface area contributed by atoms with E-state index in [1.54, 1.807) is 24.3 Å². The lowest BCUT2D eigenvalue weighted by molar-refractivity contribution is -0.0836. The fourth-order valence-electron chi connectivity index (χ4n) is 4.64. The van der Waals surface area contributed by atoms with Crippen LogP contribution in [0.4, 0.5) is 13.6 Å². The molecule has 0 bridgehead atoms. The molecule has 0 saturated heterocycles. The highest BCUT2D eigenvalue weighted by Crippen LogP contribution is 2.46. The molecule has 2 aliphatic rings. The molecule has 2 aliphatic carbocycles. The van der Waals surface area contributed by atoms with Crippen LogP contribution in [-0.4, -0.2) is 6.16 Å². The monoisotopic (exact) mass is 386 g/mol. The molecular weight excluding hydrogens is 362 g/mol. The minimum Gasteiger partial charge on any atom is -0.423 e. The summed E-state index contributed by atoms with van der Waals surface area (Å²) in [5.41, 5.74) is 0.0528. The molecule has 0 amide bonds. The molecule has 4 rings (SSSR count). The molecular formula is C23H24F2O3. The van der Waals surface area contributed by atoms with Crippen molar-refractivity contribution in [3.8, 4) is 0 Å². The third-order valence-corrected chi connectivity index (χ3v) is 6.12. The van der Waals surface area contributed by atoms with Crippen molar-refractivity contribution < 1.29 is 23.0 Å². The van der Waals surface area contributed by atoms with Crippen LogP contribution in [0.2, 0.25) is 0 Å². The molecule has 0 aromatic heterocycles. The molecule has 0 aliphatic heterocycles. The Kier molecular flexibility index (Phi) is 5.09. The van der Waals surface area contributed by atoms with E-state index in [1.165, 1.54) is 24.3 Å². The van der Waals surface area contributed by atoms with E-state index in [-0.39, 0.29) is 11.6 Å². The van der Waals surface area contributed by atoms with Crippen molar-refractivity contribution in [1.29, 1.82) is 0 Å². The number of ether oxygens (including phenoxy) is 2. The molecule has 0 unspecified atom stereocenters. The highest BCUT2D eigenvalue weighted by atomic mass is 19.1. The summed E-state index contributed by atoms with van der Waals surface area (Å²) in [7, 11) is 0. The maximum absolute atomic E-state index is 13.3. The number of carbonyl (C=O) groups is 1. The van der Waals surface area contributed by atoms with Crippen molar-refractivity contribution in [2.45, 2.75) is 62.6 Å². The average Bonchev–Trinajstić information content (AvgIpc) is 3.34. The normalized spacial score (nSPS) is 20.1. The number of hydrogen-bond donors (Lipinski definition) is 0. The molecule has 0 heterocycles. The summed E-state index contributed by atoms with van der Waals surface area (Å²) in [5, 5.41) is 0. The van der Waals surface area contributed by atoms with Crippen LogP contribution in [0.25, 0.3) is 0 Å². The Hall–Kier alpha value is -2.43. The topological polar surface area (TPSA) is 35.5 Å². The lowest BCUT2D eigenvalue weighted by Gasteiger charge is -2.33. The first-order valence-electron chi connectivity index (χ1n) is 9.96. The van der Waals surface area contributed by atoms with Gasteiger partial charge in [-0.15, -0.1) is 0 Å². The lowest BCUT2D eigenvalue weighted by atomic mass is 9.91. The number of benzene rings is 2. The van der Waals surface area contributed by atoms with E-state index in [4.69, 9.17) is 9.47 Å². The summed E-state index contributed by atoms with van der Waals surface area (Å²) in [6.07, 6.45) is 5.81. The van der Waals surface area contributed by atoms with Gasteiger partial charge in [0.15, 0.2) is 0 Å². The largest absolute Gasteiger partial charge is 0.510 e. The quantitative estimate of drug-likeness (QED) is 0.574. The van der Waals surface area contributed by atoms with E-state index in [9.17, 15) is 13.6 Å². The van der Waals surface area contributed by atoms with Gasteiger partial charge in [0, 0.05) is 0 Å². The van der Waals surface area contributed by atoms with E-state index in [1.807, 2.05) is 0 Å². The number of halogens is 2. The zero-order valence-electron chi connectivity index (χ0n) is 15.8. The highest BCUT2D eigenvalue weighted by molar-refractivity contribution is 5.62. The van der Waals surface area contributed by atoms with Gasteiger partial charge in [-0.1, -0.05) is 24.3 Å². The van der Waals surface area contributed by atoms with E-state index in [0.29, 0.717) is 25.7 Å². The molecule has 0 spiro atoms. The van der Waals surface area contributed by atoms with Crippen molar-refractivity contribution >= 4 is 6.16 Å². The molecule has 2 aromatic carbocycles. The minimum absolute atomic E-state index is 0.319. The molecule has 28 heavy (non-hydrogen) atoms. The zero-order valence-corrected chi connectivity index (χ0v) is 15.8. The Labute approximate surface area is 163 Å². The first kappa shape index (κ1) is 18.9. The predicted molar refractivity (Wildman–Crippen MR) is 101 cm³/mol. The van der Waals surface area contributed by atoms with Crippen LogP contribution in [0.5, 0.6) is 0 Å².